The van der Waals surface area contributed by atoms with E-state index in [2.05, 4.69) is 26.6 Å². The number of nitrogens with one attached hydrogen (secondary N) is 2. The highest BCUT2D eigenvalue weighted by molar-refractivity contribution is 14.0. The van der Waals surface area contributed by atoms with Crippen molar-refractivity contribution in [2.45, 2.75) is 26.7 Å². The Morgan fingerprint density at radius 3 is 2.55 bits per heavy atom. The second kappa shape index (κ2) is 14.7. The number of hydrogen-bond acceptors (Lipinski definition) is 6. The molecule has 0 aromatic heterocycles. The monoisotopic (exact) mass is 568 g/mol. The van der Waals surface area contributed by atoms with Crippen LogP contribution < -0.4 is 20.1 Å². The molecule has 2 N–H and O–H groups in total. The molecule has 1 aliphatic heterocycles. The Morgan fingerprint density at radius 2 is 1.90 bits per heavy atom. The minimum absolute atomic E-state index is 0. The molecule has 10 heteroatoms. The SMILES string of the molecule is CCNC(=NCCCc1ccc(OC)c(OCC)c1)NCCN1CCS(=O)(=O)CC1.I. The van der Waals surface area contributed by atoms with Crippen molar-refractivity contribution in [2.75, 3.05) is 64.5 Å². The lowest BCUT2D eigenvalue weighted by atomic mass is 10.1. The first kappa shape index (κ1) is 27.8. The molecule has 0 atom stereocenters. The summed E-state index contributed by atoms with van der Waals surface area (Å²) < 4.78 is 34.0. The van der Waals surface area contributed by atoms with Crippen LogP contribution in [0.4, 0.5) is 0 Å². The lowest BCUT2D eigenvalue weighted by molar-refractivity contribution is 0.299. The Hall–Kier alpha value is -1.27. The topological polar surface area (TPSA) is 92.3 Å². The number of sulfone groups is 1. The maximum atomic E-state index is 11.5. The summed E-state index contributed by atoms with van der Waals surface area (Å²) in [5.41, 5.74) is 1.20. The summed E-state index contributed by atoms with van der Waals surface area (Å²) in [6, 6.07) is 6.04. The molecule has 1 aromatic rings. The molecule has 1 aromatic carbocycles. The summed E-state index contributed by atoms with van der Waals surface area (Å²) in [4.78, 5) is 6.83. The van der Waals surface area contributed by atoms with E-state index >= 15 is 0 Å². The summed E-state index contributed by atoms with van der Waals surface area (Å²) in [5.74, 6) is 2.85. The summed E-state index contributed by atoms with van der Waals surface area (Å²) in [6.07, 6.45) is 1.84. The highest BCUT2D eigenvalue weighted by Gasteiger charge is 2.20. The Labute approximate surface area is 204 Å². The van der Waals surface area contributed by atoms with Gasteiger partial charge in [-0.15, -0.1) is 24.0 Å². The largest absolute Gasteiger partial charge is 0.493 e. The number of aryl methyl sites for hydroxylation is 1. The fourth-order valence-corrected chi connectivity index (χ4v) is 4.54. The summed E-state index contributed by atoms with van der Waals surface area (Å²) in [5, 5.41) is 6.60. The number of benzene rings is 1. The van der Waals surface area contributed by atoms with E-state index in [-0.39, 0.29) is 35.5 Å². The third-order valence-electron chi connectivity index (χ3n) is 4.92. The predicted molar refractivity (Wildman–Crippen MR) is 137 cm³/mol. The van der Waals surface area contributed by atoms with Gasteiger partial charge in [0, 0.05) is 39.3 Å². The van der Waals surface area contributed by atoms with E-state index in [1.54, 1.807) is 7.11 Å². The third-order valence-corrected chi connectivity index (χ3v) is 6.53. The highest BCUT2D eigenvalue weighted by Crippen LogP contribution is 2.28. The molecule has 0 spiro atoms. The maximum absolute atomic E-state index is 11.5. The molecule has 0 amide bonds. The third kappa shape index (κ3) is 10.3. The van der Waals surface area contributed by atoms with Crippen molar-refractivity contribution < 1.29 is 17.9 Å². The second-order valence-electron chi connectivity index (χ2n) is 7.20. The van der Waals surface area contributed by atoms with Gasteiger partial charge in [-0.1, -0.05) is 6.07 Å². The lowest BCUT2D eigenvalue weighted by Crippen LogP contribution is -2.46. The molecule has 0 unspecified atom stereocenters. The Morgan fingerprint density at radius 1 is 1.16 bits per heavy atom. The zero-order valence-electron chi connectivity index (χ0n) is 18.9. The van der Waals surface area contributed by atoms with Crippen LogP contribution in [0.5, 0.6) is 11.5 Å². The number of methoxy groups -OCH3 is 1. The number of hydrogen-bond donors (Lipinski definition) is 2. The summed E-state index contributed by atoms with van der Waals surface area (Å²) >= 11 is 0. The van der Waals surface area contributed by atoms with Crippen LogP contribution in [0, 0.1) is 0 Å². The van der Waals surface area contributed by atoms with Crippen LogP contribution in [0.25, 0.3) is 0 Å². The van der Waals surface area contributed by atoms with Crippen molar-refractivity contribution in [3.63, 3.8) is 0 Å². The van der Waals surface area contributed by atoms with E-state index in [1.807, 2.05) is 26.0 Å². The minimum Gasteiger partial charge on any atom is -0.493 e. The number of halogens is 1. The molecule has 178 valence electrons. The van der Waals surface area contributed by atoms with Crippen LogP contribution in [0.3, 0.4) is 0 Å². The molecule has 0 saturated carbocycles. The molecule has 1 saturated heterocycles. The van der Waals surface area contributed by atoms with E-state index in [0.717, 1.165) is 49.9 Å². The van der Waals surface area contributed by atoms with Gasteiger partial charge in [-0.25, -0.2) is 8.42 Å². The van der Waals surface area contributed by atoms with Crippen LogP contribution in [0.2, 0.25) is 0 Å². The highest BCUT2D eigenvalue weighted by atomic mass is 127. The molecule has 8 nitrogen and oxygen atoms in total. The van der Waals surface area contributed by atoms with E-state index in [4.69, 9.17) is 9.47 Å². The average Bonchev–Trinajstić information content (AvgIpc) is 2.73. The van der Waals surface area contributed by atoms with E-state index in [9.17, 15) is 8.42 Å². The second-order valence-corrected chi connectivity index (χ2v) is 9.51. The van der Waals surface area contributed by atoms with E-state index in [1.165, 1.54) is 5.56 Å². The van der Waals surface area contributed by atoms with Crippen LogP contribution in [0.1, 0.15) is 25.8 Å². The number of ether oxygens (including phenoxy) is 2. The normalized spacial score (nSPS) is 16.3. The summed E-state index contributed by atoms with van der Waals surface area (Å²) in [7, 11) is -1.18. The quantitative estimate of drug-likeness (QED) is 0.183. The van der Waals surface area contributed by atoms with Gasteiger partial charge < -0.3 is 20.1 Å². The Kier molecular flexibility index (Phi) is 13.2. The van der Waals surface area contributed by atoms with Gasteiger partial charge in [0.25, 0.3) is 0 Å². The maximum Gasteiger partial charge on any atom is 0.191 e. The van der Waals surface area contributed by atoms with Gasteiger partial charge in [-0.05, 0) is 44.4 Å². The van der Waals surface area contributed by atoms with Gasteiger partial charge in [0.1, 0.15) is 0 Å². The number of rotatable bonds is 11. The first-order valence-electron chi connectivity index (χ1n) is 10.7. The van der Waals surface area contributed by atoms with Crippen molar-refractivity contribution in [1.82, 2.24) is 15.5 Å². The van der Waals surface area contributed by atoms with Crippen LogP contribution in [-0.4, -0.2) is 83.8 Å². The van der Waals surface area contributed by atoms with Crippen LogP contribution >= 0.6 is 24.0 Å². The lowest BCUT2D eigenvalue weighted by Gasteiger charge is -2.26. The smallest absolute Gasteiger partial charge is 0.191 e. The van der Waals surface area contributed by atoms with E-state index < -0.39 is 9.84 Å². The van der Waals surface area contributed by atoms with Crippen molar-refractivity contribution in [3.8, 4) is 11.5 Å². The fraction of sp³-hybridized carbons (Fsp3) is 0.667. The molecule has 2 rings (SSSR count). The molecule has 0 radical (unpaired) electrons. The first-order chi connectivity index (χ1) is 14.5. The molecule has 1 aliphatic rings. The molecule has 31 heavy (non-hydrogen) atoms. The van der Waals surface area contributed by atoms with Gasteiger partial charge in [-0.2, -0.15) is 0 Å². The van der Waals surface area contributed by atoms with Crippen LogP contribution in [0.15, 0.2) is 23.2 Å². The van der Waals surface area contributed by atoms with Crippen molar-refractivity contribution >= 4 is 39.8 Å². The standard InChI is InChI=1S/C21H36N4O4S.HI/c1-4-22-21(24-11-12-25-13-15-30(26,27)16-14-25)23-10-6-7-18-8-9-19(28-3)20(17-18)29-5-2;/h8-9,17H,4-7,10-16H2,1-3H3,(H2,22,23,24);1H. The number of guanidine groups is 1. The molecule has 1 fully saturated rings. The predicted octanol–water partition coefficient (Wildman–Crippen LogP) is 1.93. The van der Waals surface area contributed by atoms with Crippen molar-refractivity contribution in [2.24, 2.45) is 4.99 Å². The number of nitrogens with zero attached hydrogens (tertiary/aromatic N) is 2. The van der Waals surface area contributed by atoms with Crippen molar-refractivity contribution in [3.05, 3.63) is 23.8 Å². The molecular formula is C21H37IN4O4S. The summed E-state index contributed by atoms with van der Waals surface area (Å²) in [6.45, 7) is 8.90. The molecule has 0 bridgehead atoms. The Balaban J connectivity index is 0.00000480. The minimum atomic E-state index is -2.83. The average molecular weight is 569 g/mol. The van der Waals surface area contributed by atoms with Gasteiger partial charge >= 0.3 is 0 Å². The zero-order valence-corrected chi connectivity index (χ0v) is 22.0. The Bertz CT molecular complexity index is 776. The first-order valence-corrected chi connectivity index (χ1v) is 12.5. The van der Waals surface area contributed by atoms with E-state index in [0.29, 0.717) is 26.2 Å². The molecule has 1 heterocycles. The van der Waals surface area contributed by atoms with Crippen molar-refractivity contribution in [1.29, 1.82) is 0 Å². The van der Waals surface area contributed by atoms with Gasteiger partial charge in [0.2, 0.25) is 0 Å². The van der Waals surface area contributed by atoms with Crippen LogP contribution in [-0.2, 0) is 16.3 Å². The van der Waals surface area contributed by atoms with Gasteiger partial charge in [-0.3, -0.25) is 9.89 Å². The molecule has 0 aliphatic carbocycles. The zero-order chi connectivity index (χ0) is 21.8. The fourth-order valence-electron chi connectivity index (χ4n) is 3.27. The molecular weight excluding hydrogens is 531 g/mol. The number of aliphatic imine (C=N–C) groups is 1. The van der Waals surface area contributed by atoms with Gasteiger partial charge in [0.05, 0.1) is 25.2 Å². The van der Waals surface area contributed by atoms with Gasteiger partial charge in [0.15, 0.2) is 27.3 Å².